The first kappa shape index (κ1) is 29.7. The van der Waals surface area contributed by atoms with E-state index in [-0.39, 0.29) is 12.3 Å². The highest BCUT2D eigenvalue weighted by atomic mass is 32.1. The van der Waals surface area contributed by atoms with Gasteiger partial charge in [0, 0.05) is 18.6 Å². The molecule has 14 heteroatoms. The Bertz CT molecular complexity index is 625. The van der Waals surface area contributed by atoms with Crippen LogP contribution in [0.15, 0.2) is 5.18 Å². The fourth-order valence-corrected chi connectivity index (χ4v) is 2.89. The smallest absolute Gasteiger partial charge is 0.350 e. The van der Waals surface area contributed by atoms with Crippen molar-refractivity contribution in [2.45, 2.75) is 50.2 Å². The number of hydrogen-bond donors (Lipinski definition) is 8. The third-order valence-corrected chi connectivity index (χ3v) is 4.84. The largest absolute Gasteiger partial charge is 0.480 e. The quantitative estimate of drug-likeness (QED) is 0.0584. The van der Waals surface area contributed by atoms with E-state index in [1.54, 1.807) is 0 Å². The number of hydrogen-bond acceptors (Lipinski definition) is 10. The van der Waals surface area contributed by atoms with Crippen molar-refractivity contribution >= 4 is 36.4 Å². The molecular weight excluding hydrogens is 444 g/mol. The van der Waals surface area contributed by atoms with Crippen molar-refractivity contribution in [2.24, 2.45) is 10.9 Å². The van der Waals surface area contributed by atoms with E-state index < -0.39 is 54.8 Å². The second-order valence-corrected chi connectivity index (χ2v) is 7.42. The predicted octanol–water partition coefficient (Wildman–Crippen LogP) is -1.37. The summed E-state index contributed by atoms with van der Waals surface area (Å²) in [5.41, 5.74) is 3.24. The van der Waals surface area contributed by atoms with Crippen LogP contribution in [0.1, 0.15) is 38.5 Å². The van der Waals surface area contributed by atoms with Gasteiger partial charge in [-0.05, 0) is 50.6 Å². The third kappa shape index (κ3) is 12.5. The van der Waals surface area contributed by atoms with E-state index in [4.69, 9.17) is 10.8 Å². The van der Waals surface area contributed by atoms with Crippen LogP contribution in [0.25, 0.3) is 0 Å². The van der Waals surface area contributed by atoms with Crippen molar-refractivity contribution in [1.29, 1.82) is 0 Å². The van der Waals surface area contributed by atoms with Gasteiger partial charge in [-0.2, -0.15) is 12.6 Å². The Morgan fingerprint density at radius 1 is 1.03 bits per heavy atom. The van der Waals surface area contributed by atoms with Gasteiger partial charge >= 0.3 is 11.9 Å². The molecule has 2 amide bonds. The van der Waals surface area contributed by atoms with Crippen LogP contribution in [0.3, 0.4) is 0 Å². The molecule has 0 aliphatic carbocycles. The molecule has 0 spiro atoms. The van der Waals surface area contributed by atoms with Gasteiger partial charge in [0.05, 0.1) is 0 Å². The van der Waals surface area contributed by atoms with Crippen molar-refractivity contribution in [3.8, 4) is 0 Å². The molecule has 0 aromatic heterocycles. The average molecular weight is 479 g/mol. The highest BCUT2D eigenvalue weighted by Gasteiger charge is 2.40. The van der Waals surface area contributed by atoms with Crippen molar-refractivity contribution in [2.75, 3.05) is 38.5 Å². The second kappa shape index (κ2) is 17.3. The monoisotopic (exact) mass is 478 g/mol. The van der Waals surface area contributed by atoms with Crippen molar-refractivity contribution in [3.63, 3.8) is 0 Å². The number of aliphatic carboxylic acids is 2. The van der Waals surface area contributed by atoms with Crippen molar-refractivity contribution in [1.82, 2.24) is 21.3 Å². The van der Waals surface area contributed by atoms with E-state index in [0.717, 1.165) is 25.8 Å². The number of rotatable bonds is 20. The number of carbonyl (C=O) groups excluding carboxylic acids is 2. The molecule has 0 radical (unpaired) electrons. The molecule has 32 heavy (non-hydrogen) atoms. The van der Waals surface area contributed by atoms with Gasteiger partial charge in [0.2, 0.25) is 11.8 Å². The lowest BCUT2D eigenvalue weighted by molar-refractivity contribution is -0.145. The Labute approximate surface area is 192 Å². The number of nitrogens with zero attached hydrogens (tertiary/aromatic N) is 1. The number of nitrogens with two attached hydrogens (primary N) is 1. The lowest BCUT2D eigenvalue weighted by atomic mass is 10.0. The topological polar surface area (TPSA) is 212 Å². The number of carboxylic acid groups (broad SMARTS) is 2. The van der Waals surface area contributed by atoms with Crippen LogP contribution in [0.5, 0.6) is 0 Å². The number of nitroso groups, excluding NO2 is 1. The van der Waals surface area contributed by atoms with Crippen LogP contribution in [0.2, 0.25) is 0 Å². The Hall–Kier alpha value is -2.29. The molecule has 0 unspecified atom stereocenters. The number of amides is 2. The molecule has 0 aliphatic heterocycles. The van der Waals surface area contributed by atoms with Crippen LogP contribution in [-0.4, -0.2) is 84.1 Å². The molecule has 2 atom stereocenters. The van der Waals surface area contributed by atoms with Crippen LogP contribution < -0.4 is 27.0 Å². The number of carboxylic acids is 2. The fraction of sp³-hybridized carbons (Fsp3) is 0.778. The molecule has 0 fully saturated rings. The first-order valence-corrected chi connectivity index (χ1v) is 11.0. The molecule has 0 aromatic carbocycles. The van der Waals surface area contributed by atoms with Gasteiger partial charge in [-0.3, -0.25) is 19.7 Å². The zero-order chi connectivity index (χ0) is 24.4. The number of carbonyl (C=O) groups is 4. The van der Waals surface area contributed by atoms with E-state index in [1.165, 1.54) is 0 Å². The lowest BCUT2D eigenvalue weighted by Gasteiger charge is -2.23. The summed E-state index contributed by atoms with van der Waals surface area (Å²) in [4.78, 5) is 57.4. The van der Waals surface area contributed by atoms with Gasteiger partial charge in [0.1, 0.15) is 12.6 Å². The minimum atomic E-state index is -2.18. The molecule has 0 bridgehead atoms. The van der Waals surface area contributed by atoms with Gasteiger partial charge < -0.3 is 31.9 Å². The predicted molar refractivity (Wildman–Crippen MR) is 120 cm³/mol. The molecule has 184 valence electrons. The summed E-state index contributed by atoms with van der Waals surface area (Å²) >= 11 is 3.94. The molecule has 0 heterocycles. The first-order chi connectivity index (χ1) is 15.2. The molecule has 0 rings (SSSR count). The zero-order valence-corrected chi connectivity index (χ0v) is 18.9. The Balaban J connectivity index is 4.52. The highest BCUT2D eigenvalue weighted by molar-refractivity contribution is 7.80. The normalized spacial score (nSPS) is 13.6. The van der Waals surface area contributed by atoms with Crippen LogP contribution in [-0.2, 0) is 19.2 Å². The van der Waals surface area contributed by atoms with Gasteiger partial charge in [-0.25, -0.2) is 4.79 Å². The second-order valence-electron chi connectivity index (χ2n) is 7.05. The summed E-state index contributed by atoms with van der Waals surface area (Å²) in [5.74, 6) is -4.32. The molecule has 0 saturated carbocycles. The lowest BCUT2D eigenvalue weighted by Crippen LogP contribution is -2.52. The molecular formula is C18H34N6O7S. The summed E-state index contributed by atoms with van der Waals surface area (Å²) in [7, 11) is 0. The standard InChI is InChI=1S/C18H34N6O7S/c19-7-2-1-3-8-20-9-4-10-22-18(24-31,17(29)30)6-5-14(25)23-13(12-32)16(28)21-11-15(26)27/h13,20,22,32H,1-12,19H2,(H,21,28)(H,23,25)(H,26,27)(H,29,30)/t13-,18-/m0/s1. The zero-order valence-electron chi connectivity index (χ0n) is 18.0. The summed E-state index contributed by atoms with van der Waals surface area (Å²) in [6, 6.07) is -1.11. The average Bonchev–Trinajstić information content (AvgIpc) is 2.76. The number of nitrogens with one attached hydrogen (secondary N) is 4. The minimum Gasteiger partial charge on any atom is -0.480 e. The maximum Gasteiger partial charge on any atom is 0.350 e. The van der Waals surface area contributed by atoms with Crippen molar-refractivity contribution in [3.05, 3.63) is 4.91 Å². The SMILES string of the molecule is NCCCCCNCCCN[C@@](CCC(=O)N[C@@H](CS)C(=O)NCC(=O)O)(N=O)C(=O)O. The summed E-state index contributed by atoms with van der Waals surface area (Å²) in [5, 5.41) is 31.0. The maximum atomic E-state index is 12.1. The van der Waals surface area contributed by atoms with E-state index in [1.807, 2.05) is 0 Å². The molecule has 8 N–H and O–H groups in total. The molecule has 13 nitrogen and oxygen atoms in total. The van der Waals surface area contributed by atoms with Crippen LogP contribution in [0.4, 0.5) is 0 Å². The van der Waals surface area contributed by atoms with E-state index >= 15 is 0 Å². The summed E-state index contributed by atoms with van der Waals surface area (Å²) < 4.78 is 0. The van der Waals surface area contributed by atoms with Gasteiger partial charge in [0.25, 0.3) is 5.66 Å². The molecule has 0 saturated heterocycles. The minimum absolute atomic E-state index is 0.106. The van der Waals surface area contributed by atoms with E-state index in [0.29, 0.717) is 19.5 Å². The highest BCUT2D eigenvalue weighted by Crippen LogP contribution is 2.16. The molecule has 0 aliphatic rings. The van der Waals surface area contributed by atoms with Crippen LogP contribution in [0, 0.1) is 4.91 Å². The Morgan fingerprint density at radius 2 is 1.72 bits per heavy atom. The third-order valence-electron chi connectivity index (χ3n) is 4.48. The van der Waals surface area contributed by atoms with Crippen molar-refractivity contribution < 1.29 is 29.4 Å². The van der Waals surface area contributed by atoms with E-state index in [2.05, 4.69) is 39.1 Å². The van der Waals surface area contributed by atoms with Gasteiger partial charge in [-0.15, -0.1) is 4.91 Å². The Morgan fingerprint density at radius 3 is 2.28 bits per heavy atom. The van der Waals surface area contributed by atoms with E-state index in [9.17, 15) is 29.2 Å². The van der Waals surface area contributed by atoms with Gasteiger partial charge in [-0.1, -0.05) is 6.42 Å². The molecule has 0 aromatic rings. The maximum absolute atomic E-state index is 12.1. The summed E-state index contributed by atoms with van der Waals surface area (Å²) in [6.45, 7) is 1.64. The number of unbranched alkanes of at least 4 members (excludes halogenated alkanes) is 2. The fourth-order valence-electron chi connectivity index (χ4n) is 2.63. The van der Waals surface area contributed by atoms with Gasteiger partial charge in [0.15, 0.2) is 0 Å². The first-order valence-electron chi connectivity index (χ1n) is 10.4. The number of thiol groups is 1. The van der Waals surface area contributed by atoms with Crippen LogP contribution >= 0.6 is 12.6 Å². The Kier molecular flexibility index (Phi) is 16.1. The summed E-state index contributed by atoms with van der Waals surface area (Å²) in [6.07, 6.45) is 2.68.